The molecule has 0 aliphatic rings. The first kappa shape index (κ1) is 52.3. The number of hydrogen-bond acceptors (Lipinski definition) is 10. The van der Waals surface area contributed by atoms with Gasteiger partial charge in [-0.3, -0.25) is 24.0 Å². The van der Waals surface area contributed by atoms with Crippen molar-refractivity contribution < 1.29 is 57.9 Å². The number of unbranched alkanes of at least 4 members (excludes halogenated alkanes) is 13. The van der Waals surface area contributed by atoms with E-state index in [2.05, 4.69) is 23.5 Å². The van der Waals surface area contributed by atoms with Crippen molar-refractivity contribution in [2.45, 2.75) is 134 Å². The van der Waals surface area contributed by atoms with Crippen molar-refractivity contribution in [3.05, 3.63) is 0 Å². The maximum atomic E-state index is 13.1. The molecule has 0 aromatic rings. The van der Waals surface area contributed by atoms with Crippen LogP contribution in [0.1, 0.15) is 128 Å². The molecule has 0 bridgehead atoms. The summed E-state index contributed by atoms with van der Waals surface area (Å²) in [4.78, 5) is 72.0. The Balaban J connectivity index is 4.37. The predicted octanol–water partition coefficient (Wildman–Crippen LogP) is 5.73. The van der Waals surface area contributed by atoms with Gasteiger partial charge in [-0.1, -0.05) is 86.3 Å². The van der Waals surface area contributed by atoms with E-state index in [0.29, 0.717) is 52.3 Å². The second-order valence-electron chi connectivity index (χ2n) is 13.2. The maximum Gasteiger partial charge on any atom is 0.326 e. The minimum Gasteiger partial charge on any atom is -0.481 e. The molecule has 54 heavy (non-hydrogen) atoms. The van der Waals surface area contributed by atoms with Crippen molar-refractivity contribution in [1.82, 2.24) is 10.2 Å². The molecule has 0 rings (SSSR count). The standard InChI is InChI=1S/C37H69N2O12P3/c40-32(15-13-11-9-7-5-3-1-2-4-6-8-10-12-14-16-34(42)43)38-31(37(46)47)17-18-33(41)39(21-25-50-29-27-48-23-19-35(44)52)22-26-51-30-28-49-24-20-36(45)54-53/h31,54H,1-30,52-53H2,(H,38,40)(H,42,43)(H,46,47). The Morgan fingerprint density at radius 1 is 0.556 bits per heavy atom. The minimum absolute atomic E-state index is 0.0360. The monoisotopic (exact) mass is 826 g/mol. The topological polar surface area (TPSA) is 195 Å². The van der Waals surface area contributed by atoms with Crippen LogP contribution in [0.5, 0.6) is 0 Å². The molecule has 0 radical (unpaired) electrons. The van der Waals surface area contributed by atoms with Gasteiger partial charge in [0.25, 0.3) is 0 Å². The summed E-state index contributed by atoms with van der Waals surface area (Å²) in [6.07, 6.45) is 16.1. The van der Waals surface area contributed by atoms with Crippen molar-refractivity contribution in [1.29, 1.82) is 0 Å². The lowest BCUT2D eigenvalue weighted by Gasteiger charge is -2.24. The third kappa shape index (κ3) is 36.0. The van der Waals surface area contributed by atoms with Crippen LogP contribution in [0.15, 0.2) is 0 Å². The summed E-state index contributed by atoms with van der Waals surface area (Å²) < 4.78 is 21.9. The first-order chi connectivity index (χ1) is 26.1. The smallest absolute Gasteiger partial charge is 0.326 e. The molecular formula is C37H69N2O12P3. The summed E-state index contributed by atoms with van der Waals surface area (Å²) >= 11 is 0. The Hall–Kier alpha value is -1.65. The molecule has 4 unspecified atom stereocenters. The molecule has 0 fully saturated rings. The van der Waals surface area contributed by atoms with Gasteiger partial charge < -0.3 is 39.4 Å². The van der Waals surface area contributed by atoms with E-state index < -0.39 is 18.0 Å². The second-order valence-corrected chi connectivity index (χ2v) is 15.6. The van der Waals surface area contributed by atoms with Gasteiger partial charge in [0.2, 0.25) is 11.8 Å². The van der Waals surface area contributed by atoms with E-state index in [1.165, 1.54) is 38.5 Å². The number of ether oxygens (including phenoxy) is 4. The van der Waals surface area contributed by atoms with Gasteiger partial charge in [-0.2, -0.15) is 0 Å². The van der Waals surface area contributed by atoms with Crippen LogP contribution in [0, 0.1) is 0 Å². The number of amides is 2. The molecule has 0 saturated carbocycles. The van der Waals surface area contributed by atoms with Gasteiger partial charge in [0, 0.05) is 45.2 Å². The number of rotatable bonds is 41. The van der Waals surface area contributed by atoms with E-state index in [1.807, 2.05) is 0 Å². The number of carboxylic acids is 2. The van der Waals surface area contributed by atoms with Crippen LogP contribution in [0.3, 0.4) is 0 Å². The highest BCUT2D eigenvalue weighted by Gasteiger charge is 2.23. The summed E-state index contributed by atoms with van der Waals surface area (Å²) in [6, 6.07) is -1.17. The molecule has 17 heteroatoms. The maximum absolute atomic E-state index is 13.1. The highest BCUT2D eigenvalue weighted by atomic mass is 32.0. The number of carboxylic acid groups (broad SMARTS) is 2. The third-order valence-corrected chi connectivity index (χ3v) is 10.4. The lowest BCUT2D eigenvalue weighted by molar-refractivity contribution is -0.142. The van der Waals surface area contributed by atoms with Crippen molar-refractivity contribution in [2.75, 3.05) is 65.9 Å². The van der Waals surface area contributed by atoms with Crippen LogP contribution in [-0.2, 0) is 47.7 Å². The molecule has 4 atom stereocenters. The van der Waals surface area contributed by atoms with Gasteiger partial charge in [-0.25, -0.2) is 4.79 Å². The van der Waals surface area contributed by atoms with Crippen molar-refractivity contribution in [3.63, 3.8) is 0 Å². The normalized spacial score (nSPS) is 11.9. The van der Waals surface area contributed by atoms with E-state index >= 15 is 0 Å². The fourth-order valence-corrected chi connectivity index (χ4v) is 6.19. The van der Waals surface area contributed by atoms with Gasteiger partial charge >= 0.3 is 11.9 Å². The Morgan fingerprint density at radius 3 is 1.41 bits per heavy atom. The van der Waals surface area contributed by atoms with E-state index in [-0.39, 0.29) is 89.7 Å². The Labute approximate surface area is 329 Å². The molecule has 3 N–H and O–H groups in total. The Morgan fingerprint density at radius 2 is 0.981 bits per heavy atom. The van der Waals surface area contributed by atoms with Gasteiger partial charge in [0.1, 0.15) is 6.04 Å². The second kappa shape index (κ2) is 38.2. The van der Waals surface area contributed by atoms with E-state index in [1.54, 1.807) is 4.90 Å². The van der Waals surface area contributed by atoms with Gasteiger partial charge in [0.05, 0.1) is 52.9 Å². The molecule has 2 amide bonds. The molecule has 314 valence electrons. The van der Waals surface area contributed by atoms with E-state index in [9.17, 15) is 33.9 Å². The molecule has 0 aliphatic carbocycles. The van der Waals surface area contributed by atoms with Crippen LogP contribution in [0.2, 0.25) is 0 Å². The molecule has 0 aromatic heterocycles. The zero-order valence-electron chi connectivity index (χ0n) is 32.4. The summed E-state index contributed by atoms with van der Waals surface area (Å²) in [6.45, 7) is 2.79. The van der Waals surface area contributed by atoms with Crippen molar-refractivity contribution in [3.8, 4) is 0 Å². The highest BCUT2D eigenvalue weighted by Crippen LogP contribution is 2.22. The number of nitrogens with zero attached hydrogens (tertiary/aromatic N) is 1. The van der Waals surface area contributed by atoms with Crippen LogP contribution in [-0.4, -0.2) is 122 Å². The zero-order valence-corrected chi connectivity index (χ0v) is 35.7. The molecule has 14 nitrogen and oxygen atoms in total. The number of aliphatic carboxylic acids is 2. The summed E-state index contributed by atoms with van der Waals surface area (Å²) in [5, 5.41) is 21.0. The number of carbonyl (C=O) groups is 6. The number of nitrogens with one attached hydrogen (secondary N) is 1. The first-order valence-corrected chi connectivity index (χ1v) is 23.1. The summed E-state index contributed by atoms with van der Waals surface area (Å²) in [5.74, 6) is -2.52. The predicted molar refractivity (Wildman–Crippen MR) is 217 cm³/mol. The SMILES string of the molecule is O=C(O)CCCCCCCCCCCCCCCCC(=O)NC(CCC(=O)N(CCOCCOCCC(=O)P)CCOCCOCCC(=O)PP)C(=O)O. The molecule has 0 spiro atoms. The Bertz CT molecular complexity index is 1020. The lowest BCUT2D eigenvalue weighted by Crippen LogP contribution is -2.42. The number of hydrogen-bond donors (Lipinski definition) is 3. The van der Waals surface area contributed by atoms with E-state index in [0.717, 1.165) is 44.9 Å². The molecular weight excluding hydrogens is 757 g/mol. The zero-order chi connectivity index (χ0) is 40.1. The fourth-order valence-electron chi connectivity index (χ4n) is 5.40. The first-order valence-electron chi connectivity index (χ1n) is 19.7. The van der Waals surface area contributed by atoms with Crippen LogP contribution in [0.25, 0.3) is 0 Å². The summed E-state index contributed by atoms with van der Waals surface area (Å²) in [7, 11) is 4.68. The molecule has 0 aromatic carbocycles. The third-order valence-electron chi connectivity index (χ3n) is 8.56. The van der Waals surface area contributed by atoms with Crippen LogP contribution < -0.4 is 5.32 Å². The lowest BCUT2D eigenvalue weighted by atomic mass is 10.0. The molecule has 0 aliphatic heterocycles. The molecule has 0 heterocycles. The van der Waals surface area contributed by atoms with Gasteiger partial charge in [-0.05, 0) is 27.5 Å². The van der Waals surface area contributed by atoms with Crippen molar-refractivity contribution >= 4 is 61.2 Å². The van der Waals surface area contributed by atoms with Gasteiger partial charge in [-0.15, -0.1) is 8.93 Å². The van der Waals surface area contributed by atoms with Gasteiger partial charge in [0.15, 0.2) is 11.0 Å². The van der Waals surface area contributed by atoms with Crippen molar-refractivity contribution in [2.24, 2.45) is 0 Å². The van der Waals surface area contributed by atoms with E-state index in [4.69, 9.17) is 24.1 Å². The number of carbonyl (C=O) groups excluding carboxylic acids is 4. The fraction of sp³-hybridized carbons (Fsp3) is 0.838. The summed E-state index contributed by atoms with van der Waals surface area (Å²) in [5.41, 5.74) is 0.0893. The Kier molecular flexibility index (Phi) is 37.1. The average molecular weight is 827 g/mol. The average Bonchev–Trinajstić information content (AvgIpc) is 3.13. The van der Waals surface area contributed by atoms with Crippen LogP contribution >= 0.6 is 26.4 Å². The minimum atomic E-state index is -1.19. The highest BCUT2D eigenvalue weighted by molar-refractivity contribution is 8.11. The quantitative estimate of drug-likeness (QED) is 0.0501. The molecule has 0 saturated heterocycles. The largest absolute Gasteiger partial charge is 0.481 e. The van der Waals surface area contributed by atoms with Crippen LogP contribution in [0.4, 0.5) is 0 Å².